The number of benzene rings is 1. The second-order valence-electron chi connectivity index (χ2n) is 8.58. The van der Waals surface area contributed by atoms with Gasteiger partial charge in [0.2, 0.25) is 11.8 Å². The Bertz CT molecular complexity index is 750. The molecule has 2 N–H and O–H groups in total. The fraction of sp³-hybridized carbons (Fsp3) is 0.600. The molecule has 2 unspecified atom stereocenters. The van der Waals surface area contributed by atoms with Crippen LogP contribution in [0.1, 0.15) is 44.1 Å². The Morgan fingerprint density at radius 1 is 1.19 bits per heavy atom. The lowest BCUT2D eigenvalue weighted by atomic mass is 9.49. The number of rotatable bonds is 4. The summed E-state index contributed by atoms with van der Waals surface area (Å²) in [4.78, 5) is 25.0. The summed E-state index contributed by atoms with van der Waals surface area (Å²) < 4.78 is 0. The average Bonchev–Trinajstić information content (AvgIpc) is 2.53. The monoisotopic (exact) mass is 394 g/mol. The molecule has 1 aromatic carbocycles. The zero-order valence-electron chi connectivity index (χ0n) is 14.9. The molecule has 4 aliphatic carbocycles. The summed E-state index contributed by atoms with van der Waals surface area (Å²) in [5.41, 5.74) is 1.23. The topological polar surface area (TPSA) is 58.2 Å². The summed E-state index contributed by atoms with van der Waals surface area (Å²) in [6.45, 7) is 1.87. The summed E-state index contributed by atoms with van der Waals surface area (Å²) in [7, 11) is 0. The van der Waals surface area contributed by atoms with Gasteiger partial charge in [-0.15, -0.1) is 11.6 Å². The lowest BCUT2D eigenvalue weighted by Crippen LogP contribution is -2.58. The van der Waals surface area contributed by atoms with E-state index in [1.807, 2.05) is 13.0 Å². The number of hydrogen-bond donors (Lipinski definition) is 2. The molecule has 5 rings (SSSR count). The fourth-order valence-electron chi connectivity index (χ4n) is 5.69. The molecule has 0 aromatic heterocycles. The van der Waals surface area contributed by atoms with E-state index in [2.05, 4.69) is 10.6 Å². The van der Waals surface area contributed by atoms with E-state index in [4.69, 9.17) is 23.2 Å². The average molecular weight is 395 g/mol. The fourth-order valence-corrected chi connectivity index (χ4v) is 6.55. The normalized spacial score (nSPS) is 34.6. The van der Waals surface area contributed by atoms with Crippen LogP contribution in [0.5, 0.6) is 0 Å². The van der Waals surface area contributed by atoms with Crippen LogP contribution in [-0.2, 0) is 9.59 Å². The number of carbonyl (C=O) groups is 2. The zero-order chi connectivity index (χ0) is 18.5. The molecular weight excluding hydrogens is 371 g/mol. The number of amides is 2. The quantitative estimate of drug-likeness (QED) is 0.748. The number of anilines is 1. The van der Waals surface area contributed by atoms with Crippen molar-refractivity contribution in [3.05, 3.63) is 28.8 Å². The van der Waals surface area contributed by atoms with Crippen molar-refractivity contribution in [1.29, 1.82) is 0 Å². The van der Waals surface area contributed by atoms with Gasteiger partial charge in [0.15, 0.2) is 0 Å². The van der Waals surface area contributed by atoms with Crippen molar-refractivity contribution in [3.63, 3.8) is 0 Å². The molecule has 1 aromatic rings. The lowest BCUT2D eigenvalue weighted by Gasteiger charge is -2.59. The van der Waals surface area contributed by atoms with E-state index < -0.39 is 0 Å². The Kier molecular flexibility index (Phi) is 4.47. The van der Waals surface area contributed by atoms with Gasteiger partial charge >= 0.3 is 0 Å². The summed E-state index contributed by atoms with van der Waals surface area (Å²) >= 11 is 12.8. The van der Waals surface area contributed by atoms with Gasteiger partial charge < -0.3 is 10.6 Å². The summed E-state index contributed by atoms with van der Waals surface area (Å²) in [6, 6.07) is 5.35. The first-order chi connectivity index (χ1) is 12.3. The van der Waals surface area contributed by atoms with Gasteiger partial charge in [0.25, 0.3) is 0 Å². The maximum atomic E-state index is 12.9. The number of halogens is 2. The molecule has 4 saturated carbocycles. The van der Waals surface area contributed by atoms with Crippen molar-refractivity contribution in [2.45, 2.75) is 50.3 Å². The third-order valence-electron chi connectivity index (χ3n) is 6.35. The van der Waals surface area contributed by atoms with E-state index in [1.165, 1.54) is 6.42 Å². The predicted octanol–water partition coefficient (Wildman–Crippen LogP) is 4.28. The SMILES string of the molecule is Cc1ccc(Cl)cc1NC(=O)CNC(=O)C12C[C@@H]3C[C@@H](CC(Cl)(C3)C1)C2. The van der Waals surface area contributed by atoms with Crippen molar-refractivity contribution in [3.8, 4) is 0 Å². The first-order valence-electron chi connectivity index (χ1n) is 9.30. The lowest BCUT2D eigenvalue weighted by molar-refractivity contribution is -0.145. The molecule has 0 aliphatic heterocycles. The van der Waals surface area contributed by atoms with Gasteiger partial charge in [-0.05, 0) is 75.0 Å². The van der Waals surface area contributed by atoms with E-state index >= 15 is 0 Å². The Morgan fingerprint density at radius 3 is 2.54 bits per heavy atom. The number of hydrogen-bond acceptors (Lipinski definition) is 2. The summed E-state index contributed by atoms with van der Waals surface area (Å²) in [5, 5.41) is 6.26. The highest BCUT2D eigenvalue weighted by atomic mass is 35.5. The Labute approximate surface area is 164 Å². The van der Waals surface area contributed by atoms with Gasteiger partial charge in [-0.1, -0.05) is 17.7 Å². The molecule has 140 valence electrons. The van der Waals surface area contributed by atoms with Crippen LogP contribution in [0.25, 0.3) is 0 Å². The second kappa shape index (κ2) is 6.42. The minimum atomic E-state index is -0.377. The van der Waals surface area contributed by atoms with E-state index in [-0.39, 0.29) is 28.6 Å². The predicted molar refractivity (Wildman–Crippen MR) is 104 cm³/mol. The second-order valence-corrected chi connectivity index (χ2v) is 9.82. The number of aryl methyl sites for hydroxylation is 1. The third-order valence-corrected chi connectivity index (χ3v) is 7.03. The van der Waals surface area contributed by atoms with Crippen molar-refractivity contribution < 1.29 is 9.59 Å². The number of nitrogens with one attached hydrogen (secondary N) is 2. The number of alkyl halides is 1. The van der Waals surface area contributed by atoms with E-state index in [0.717, 1.165) is 37.7 Å². The van der Waals surface area contributed by atoms with Crippen LogP contribution in [0.15, 0.2) is 18.2 Å². The third kappa shape index (κ3) is 3.34. The zero-order valence-corrected chi connectivity index (χ0v) is 16.4. The highest BCUT2D eigenvalue weighted by molar-refractivity contribution is 6.31. The van der Waals surface area contributed by atoms with Gasteiger partial charge in [0.05, 0.1) is 12.0 Å². The minimum absolute atomic E-state index is 0.00501. The molecule has 0 spiro atoms. The highest BCUT2D eigenvalue weighted by Crippen LogP contribution is 2.63. The molecule has 6 heteroatoms. The first kappa shape index (κ1) is 18.1. The Balaban J connectivity index is 1.38. The van der Waals surface area contributed by atoms with E-state index in [0.29, 0.717) is 22.5 Å². The molecule has 0 heterocycles. The molecule has 4 atom stereocenters. The molecule has 4 fully saturated rings. The van der Waals surface area contributed by atoms with Gasteiger partial charge in [-0.25, -0.2) is 0 Å². The molecule has 4 nitrogen and oxygen atoms in total. The molecule has 2 amide bonds. The van der Waals surface area contributed by atoms with E-state index in [1.54, 1.807) is 12.1 Å². The van der Waals surface area contributed by atoms with Crippen molar-refractivity contribution in [2.24, 2.45) is 17.3 Å². The van der Waals surface area contributed by atoms with Gasteiger partial charge in [0.1, 0.15) is 0 Å². The van der Waals surface area contributed by atoms with Crippen LogP contribution in [0.4, 0.5) is 5.69 Å². The Hall–Kier alpha value is -1.26. The smallest absolute Gasteiger partial charge is 0.243 e. The van der Waals surface area contributed by atoms with E-state index in [9.17, 15) is 9.59 Å². The molecular formula is C20H24Cl2N2O2. The Morgan fingerprint density at radius 2 is 1.88 bits per heavy atom. The minimum Gasteiger partial charge on any atom is -0.347 e. The molecule has 26 heavy (non-hydrogen) atoms. The van der Waals surface area contributed by atoms with Gasteiger partial charge in [-0.3, -0.25) is 9.59 Å². The standard InChI is InChI=1S/C20H24Cl2N2O2/c1-12-2-3-15(21)5-16(12)24-17(25)10-23-18(26)19-6-13-4-14(7-19)9-20(22,8-13)11-19/h2-3,5,13-14H,4,6-11H2,1H3,(H,23,26)(H,24,25)/t13-,14+,19?,20?. The van der Waals surface area contributed by atoms with Crippen molar-refractivity contribution >= 4 is 40.7 Å². The highest BCUT2D eigenvalue weighted by Gasteiger charge is 2.60. The van der Waals surface area contributed by atoms with Crippen molar-refractivity contribution in [2.75, 3.05) is 11.9 Å². The van der Waals surface area contributed by atoms with Crippen LogP contribution in [-0.4, -0.2) is 23.2 Å². The molecule has 0 radical (unpaired) electrons. The molecule has 0 saturated heterocycles. The van der Waals surface area contributed by atoms with Crippen LogP contribution in [0, 0.1) is 24.2 Å². The van der Waals surface area contributed by atoms with Crippen LogP contribution >= 0.6 is 23.2 Å². The van der Waals surface area contributed by atoms with Crippen molar-refractivity contribution in [1.82, 2.24) is 5.32 Å². The molecule has 4 aliphatic rings. The first-order valence-corrected chi connectivity index (χ1v) is 10.1. The maximum Gasteiger partial charge on any atom is 0.243 e. The molecule has 4 bridgehead atoms. The van der Waals surface area contributed by atoms with Crippen LogP contribution < -0.4 is 10.6 Å². The largest absolute Gasteiger partial charge is 0.347 e. The number of carbonyl (C=O) groups excluding carboxylic acids is 2. The van der Waals surface area contributed by atoms with Gasteiger partial charge in [-0.2, -0.15) is 0 Å². The van der Waals surface area contributed by atoms with Crippen LogP contribution in [0.2, 0.25) is 5.02 Å². The summed E-state index contributed by atoms with van der Waals surface area (Å²) in [6.07, 6.45) is 5.86. The van der Waals surface area contributed by atoms with Crippen LogP contribution in [0.3, 0.4) is 0 Å². The maximum absolute atomic E-state index is 12.9. The van der Waals surface area contributed by atoms with Gasteiger partial charge in [0, 0.05) is 15.6 Å². The summed E-state index contributed by atoms with van der Waals surface area (Å²) in [5.74, 6) is 0.869.